The first-order valence-corrected chi connectivity index (χ1v) is 10.2. The van der Waals surface area contributed by atoms with Crippen LogP contribution >= 0.6 is 0 Å². The van der Waals surface area contributed by atoms with Crippen LogP contribution in [0.4, 0.5) is 16.3 Å². The van der Waals surface area contributed by atoms with Crippen LogP contribution in [0.3, 0.4) is 0 Å². The fraction of sp³-hybridized carbons (Fsp3) is 0.125. The Labute approximate surface area is 184 Å². The Balaban J connectivity index is 1.54. The lowest BCUT2D eigenvalue weighted by atomic mass is 10.1. The molecule has 0 unspecified atom stereocenters. The monoisotopic (exact) mass is 427 g/mol. The second-order valence-electron chi connectivity index (χ2n) is 7.33. The highest BCUT2D eigenvalue weighted by molar-refractivity contribution is 6.03. The molecule has 0 atom stereocenters. The van der Waals surface area contributed by atoms with Crippen LogP contribution in [0, 0.1) is 0 Å². The number of fused-ring (bicyclic) bond motifs is 3. The molecule has 4 aromatic rings. The number of urea groups is 1. The van der Waals surface area contributed by atoms with Gasteiger partial charge in [0.15, 0.2) is 0 Å². The average Bonchev–Trinajstić information content (AvgIpc) is 3.06. The molecule has 0 fully saturated rings. The molecule has 2 amide bonds. The van der Waals surface area contributed by atoms with Gasteiger partial charge in [-0.3, -0.25) is 4.90 Å². The maximum Gasteiger partial charge on any atom is 0.327 e. The summed E-state index contributed by atoms with van der Waals surface area (Å²) in [4.78, 5) is 19.1. The maximum atomic E-state index is 13.1. The molecule has 2 N–H and O–H groups in total. The number of aromatic hydroxyl groups is 1. The lowest BCUT2D eigenvalue weighted by Gasteiger charge is -2.22. The SMILES string of the molecule is COc1ccc(-n2nc3c(c2O)CCN(C(=O)Nc2ccccc2)c2ncccc2-3)cc1. The van der Waals surface area contributed by atoms with E-state index in [2.05, 4.69) is 15.4 Å². The minimum absolute atomic E-state index is 0.0466. The molecule has 0 spiro atoms. The summed E-state index contributed by atoms with van der Waals surface area (Å²) in [7, 11) is 1.60. The van der Waals surface area contributed by atoms with E-state index >= 15 is 0 Å². The summed E-state index contributed by atoms with van der Waals surface area (Å²) < 4.78 is 6.71. The van der Waals surface area contributed by atoms with Crippen LogP contribution in [-0.2, 0) is 6.42 Å². The smallest absolute Gasteiger partial charge is 0.327 e. The zero-order chi connectivity index (χ0) is 22.1. The highest BCUT2D eigenvalue weighted by Crippen LogP contribution is 2.39. The second-order valence-corrected chi connectivity index (χ2v) is 7.33. The summed E-state index contributed by atoms with van der Waals surface area (Å²) in [6.07, 6.45) is 2.07. The molecule has 8 nitrogen and oxygen atoms in total. The Kier molecular flexibility index (Phi) is 4.95. The third-order valence-corrected chi connectivity index (χ3v) is 5.43. The van der Waals surface area contributed by atoms with Gasteiger partial charge < -0.3 is 15.2 Å². The molecule has 5 rings (SSSR count). The van der Waals surface area contributed by atoms with Crippen molar-refractivity contribution in [1.29, 1.82) is 0 Å². The number of hydrogen-bond acceptors (Lipinski definition) is 5. The number of amides is 2. The maximum absolute atomic E-state index is 13.1. The first-order valence-electron chi connectivity index (χ1n) is 10.2. The largest absolute Gasteiger partial charge is 0.497 e. The summed E-state index contributed by atoms with van der Waals surface area (Å²) in [5.74, 6) is 1.26. The van der Waals surface area contributed by atoms with Crippen molar-refractivity contribution in [3.05, 3.63) is 78.5 Å². The predicted octanol–water partition coefficient (Wildman–Crippen LogP) is 4.24. The summed E-state index contributed by atoms with van der Waals surface area (Å²) in [6, 6.07) is 19.9. The Hall–Kier alpha value is -4.33. The second kappa shape index (κ2) is 8.07. The molecule has 0 saturated heterocycles. The topological polar surface area (TPSA) is 92.5 Å². The number of aromatic nitrogens is 3. The number of anilines is 2. The van der Waals surface area contributed by atoms with E-state index in [0.29, 0.717) is 47.0 Å². The molecular weight excluding hydrogens is 406 g/mol. The highest BCUT2D eigenvalue weighted by Gasteiger charge is 2.30. The standard InChI is InChI=1S/C24H21N5O3/c1-32-18-11-9-17(10-12-18)29-23(30)20-13-15-28(24(31)26-16-6-3-2-4-7-16)22-19(21(20)27-29)8-5-14-25-22/h2-12,14,30H,13,15H2,1H3,(H,26,31). The lowest BCUT2D eigenvalue weighted by Crippen LogP contribution is -2.36. The van der Waals surface area contributed by atoms with Gasteiger partial charge in [0.2, 0.25) is 5.88 Å². The van der Waals surface area contributed by atoms with Gasteiger partial charge in [-0.25, -0.2) is 14.5 Å². The molecule has 160 valence electrons. The summed E-state index contributed by atoms with van der Waals surface area (Å²) in [6.45, 7) is 0.345. The predicted molar refractivity (Wildman–Crippen MR) is 122 cm³/mol. The van der Waals surface area contributed by atoms with Crippen molar-refractivity contribution in [3.8, 4) is 28.6 Å². The summed E-state index contributed by atoms with van der Waals surface area (Å²) >= 11 is 0. The van der Waals surface area contributed by atoms with E-state index in [9.17, 15) is 9.90 Å². The van der Waals surface area contributed by atoms with Crippen molar-refractivity contribution in [2.45, 2.75) is 6.42 Å². The van der Waals surface area contributed by atoms with E-state index < -0.39 is 0 Å². The van der Waals surface area contributed by atoms with Crippen molar-refractivity contribution >= 4 is 17.5 Å². The summed E-state index contributed by atoms with van der Waals surface area (Å²) in [5.41, 5.74) is 3.37. The zero-order valence-corrected chi connectivity index (χ0v) is 17.4. The number of rotatable bonds is 3. The summed E-state index contributed by atoms with van der Waals surface area (Å²) in [5, 5.41) is 18.6. The minimum atomic E-state index is -0.288. The van der Waals surface area contributed by atoms with Crippen LogP contribution in [0.1, 0.15) is 5.56 Å². The minimum Gasteiger partial charge on any atom is -0.497 e. The van der Waals surface area contributed by atoms with Crippen LogP contribution in [0.5, 0.6) is 11.6 Å². The van der Waals surface area contributed by atoms with Gasteiger partial charge in [0.1, 0.15) is 17.3 Å². The molecule has 0 bridgehead atoms. The lowest BCUT2D eigenvalue weighted by molar-refractivity contribution is 0.257. The van der Waals surface area contributed by atoms with Crippen molar-refractivity contribution in [2.75, 3.05) is 23.9 Å². The third kappa shape index (κ3) is 3.41. The number of nitrogens with one attached hydrogen (secondary N) is 1. The van der Waals surface area contributed by atoms with Crippen LogP contribution in [0.2, 0.25) is 0 Å². The average molecular weight is 427 g/mol. The number of nitrogens with zero attached hydrogens (tertiary/aromatic N) is 4. The van der Waals surface area contributed by atoms with Crippen molar-refractivity contribution in [3.63, 3.8) is 0 Å². The fourth-order valence-electron chi connectivity index (χ4n) is 3.83. The fourth-order valence-corrected chi connectivity index (χ4v) is 3.83. The van der Waals surface area contributed by atoms with Gasteiger partial charge in [-0.15, -0.1) is 0 Å². The molecule has 32 heavy (non-hydrogen) atoms. The van der Waals surface area contributed by atoms with Gasteiger partial charge >= 0.3 is 6.03 Å². The first-order chi connectivity index (χ1) is 15.7. The van der Waals surface area contributed by atoms with Gasteiger partial charge in [-0.1, -0.05) is 18.2 Å². The van der Waals surface area contributed by atoms with E-state index in [0.717, 1.165) is 5.75 Å². The van der Waals surface area contributed by atoms with Gasteiger partial charge in [0.25, 0.3) is 0 Å². The van der Waals surface area contributed by atoms with E-state index in [1.165, 1.54) is 4.68 Å². The van der Waals surface area contributed by atoms with E-state index in [-0.39, 0.29) is 11.9 Å². The molecule has 2 aromatic heterocycles. The van der Waals surface area contributed by atoms with Crippen LogP contribution in [-0.4, -0.2) is 39.6 Å². The van der Waals surface area contributed by atoms with Gasteiger partial charge in [0.05, 0.1) is 12.8 Å². The molecular formula is C24H21N5O3. The Morgan fingerprint density at radius 3 is 2.59 bits per heavy atom. The molecule has 1 aliphatic heterocycles. The normalized spacial score (nSPS) is 12.5. The first kappa shape index (κ1) is 19.6. The number of carbonyl (C=O) groups excluding carboxylic acids is 1. The van der Waals surface area contributed by atoms with Crippen molar-refractivity contribution in [2.24, 2.45) is 0 Å². The Morgan fingerprint density at radius 2 is 1.84 bits per heavy atom. The number of pyridine rings is 1. The molecule has 3 heterocycles. The van der Waals surface area contributed by atoms with Gasteiger partial charge in [-0.05, 0) is 55.0 Å². The zero-order valence-electron chi connectivity index (χ0n) is 17.4. The molecule has 1 aliphatic rings. The quantitative estimate of drug-likeness (QED) is 0.510. The van der Waals surface area contributed by atoms with Crippen LogP contribution in [0.15, 0.2) is 72.9 Å². The molecule has 8 heteroatoms. The van der Waals surface area contributed by atoms with Crippen LogP contribution in [0.25, 0.3) is 16.9 Å². The van der Waals surface area contributed by atoms with E-state index in [1.807, 2.05) is 60.7 Å². The Bertz CT molecular complexity index is 1270. The number of ether oxygens (including phenoxy) is 1. The van der Waals surface area contributed by atoms with Gasteiger partial charge in [-0.2, -0.15) is 5.10 Å². The van der Waals surface area contributed by atoms with Crippen molar-refractivity contribution < 1.29 is 14.6 Å². The number of methoxy groups -OCH3 is 1. The number of hydrogen-bond donors (Lipinski definition) is 2. The number of benzene rings is 2. The van der Waals surface area contributed by atoms with E-state index in [1.54, 1.807) is 24.3 Å². The molecule has 0 radical (unpaired) electrons. The third-order valence-electron chi connectivity index (χ3n) is 5.43. The molecule has 0 aliphatic carbocycles. The molecule has 2 aromatic carbocycles. The van der Waals surface area contributed by atoms with E-state index in [4.69, 9.17) is 4.74 Å². The Morgan fingerprint density at radius 1 is 1.06 bits per heavy atom. The number of carbonyl (C=O) groups is 1. The van der Waals surface area contributed by atoms with Crippen molar-refractivity contribution in [1.82, 2.24) is 14.8 Å². The molecule has 0 saturated carbocycles. The number of para-hydroxylation sites is 1. The van der Waals surface area contributed by atoms with Gasteiger partial charge in [0, 0.05) is 29.6 Å². The van der Waals surface area contributed by atoms with Crippen LogP contribution < -0.4 is 15.0 Å². The highest BCUT2D eigenvalue weighted by atomic mass is 16.5.